The Kier molecular flexibility index (Phi) is 11.9. The van der Waals surface area contributed by atoms with E-state index in [1.165, 1.54) is 58.9 Å². The first kappa shape index (κ1) is 27.3. The quantitative estimate of drug-likeness (QED) is 0.150. The molecule has 3 aromatic carbocycles. The Hall–Kier alpha value is -1.90. The molecule has 1 N–H and O–H groups in total. The van der Waals surface area contributed by atoms with Gasteiger partial charge in [0.25, 0.3) is 10.1 Å². The third-order valence-electron chi connectivity index (χ3n) is 5.13. The Morgan fingerprint density at radius 3 is 2.00 bits per heavy atom. The van der Waals surface area contributed by atoms with Crippen LogP contribution < -0.4 is 4.74 Å². The first-order valence-electron chi connectivity index (χ1n) is 11.3. The summed E-state index contributed by atoms with van der Waals surface area (Å²) in [7, 11) is -4.02. The molecule has 178 valence electrons. The van der Waals surface area contributed by atoms with E-state index in [0.717, 1.165) is 24.3 Å². The highest BCUT2D eigenvalue weighted by Gasteiger charge is 2.08. The second-order valence-corrected chi connectivity index (χ2v) is 10.5. The first-order chi connectivity index (χ1) is 15.8. The summed E-state index contributed by atoms with van der Waals surface area (Å²) in [5, 5.41) is 0. The fraction of sp³-hybridized carbons (Fsp3) is 0.333. The topological polar surface area (TPSA) is 63.6 Å². The number of benzene rings is 3. The lowest BCUT2D eigenvalue weighted by Crippen LogP contribution is -1.99. The summed E-state index contributed by atoms with van der Waals surface area (Å²) < 4.78 is 36.9. The molecule has 0 bridgehead atoms. The average molecular weight is 581 g/mol. The van der Waals surface area contributed by atoms with Gasteiger partial charge in [-0.15, -0.1) is 0 Å². The standard InChI is InChI=1S/C20H25IO.C7H8O3S/c1-2-3-4-5-6-11-16-22-20-15-10-8-13-18(20)17-12-7-9-14-19(17)21;1-6-2-4-7(5-3-6)11(8,9)10/h7-10,12-15H,2-6,11,16H2,1H3;2-5H,1H3,(H,8,9,10). The molecule has 3 rings (SSSR count). The minimum absolute atomic E-state index is 0.0666. The summed E-state index contributed by atoms with van der Waals surface area (Å²) in [4.78, 5) is -0.0666. The SMILES string of the molecule is CCCCCCCCOc1ccccc1-c1ccccc1I.Cc1ccc(S(=O)(=O)O)cc1. The maximum atomic E-state index is 10.5. The maximum Gasteiger partial charge on any atom is 0.294 e. The van der Waals surface area contributed by atoms with Gasteiger partial charge in [-0.1, -0.05) is 93.1 Å². The number of ether oxygens (including phenoxy) is 1. The van der Waals surface area contributed by atoms with Crippen LogP contribution in [0.2, 0.25) is 0 Å². The Morgan fingerprint density at radius 2 is 1.36 bits per heavy atom. The van der Waals surface area contributed by atoms with Gasteiger partial charge in [-0.2, -0.15) is 8.42 Å². The summed E-state index contributed by atoms with van der Waals surface area (Å²) in [5.41, 5.74) is 3.40. The van der Waals surface area contributed by atoms with Crippen LogP contribution in [0.15, 0.2) is 77.7 Å². The predicted octanol–water partition coefficient (Wildman–Crippen LogP) is 7.94. The molecule has 0 atom stereocenters. The Morgan fingerprint density at radius 1 is 0.788 bits per heavy atom. The van der Waals surface area contributed by atoms with Gasteiger partial charge in [0.2, 0.25) is 0 Å². The molecule has 0 aliphatic rings. The summed E-state index contributed by atoms with van der Waals surface area (Å²) in [6.07, 6.45) is 7.76. The summed E-state index contributed by atoms with van der Waals surface area (Å²) in [5.74, 6) is 1.00. The third kappa shape index (κ3) is 9.86. The van der Waals surface area contributed by atoms with Gasteiger partial charge < -0.3 is 4.74 Å². The number of aryl methyl sites for hydroxylation is 1. The number of rotatable bonds is 10. The molecule has 0 aliphatic carbocycles. The fourth-order valence-electron chi connectivity index (χ4n) is 3.27. The zero-order valence-corrected chi connectivity index (χ0v) is 22.3. The van der Waals surface area contributed by atoms with E-state index in [1.54, 1.807) is 12.1 Å². The highest BCUT2D eigenvalue weighted by atomic mass is 127. The summed E-state index contributed by atoms with van der Waals surface area (Å²) in [6, 6.07) is 22.8. The predicted molar refractivity (Wildman–Crippen MR) is 144 cm³/mol. The van der Waals surface area contributed by atoms with Crippen LogP contribution in [0.25, 0.3) is 11.1 Å². The molecule has 6 heteroatoms. The van der Waals surface area contributed by atoms with Crippen LogP contribution in [0.1, 0.15) is 51.0 Å². The molecule has 0 aromatic heterocycles. The van der Waals surface area contributed by atoms with Crippen molar-refractivity contribution in [3.63, 3.8) is 0 Å². The molecule has 0 saturated heterocycles. The van der Waals surface area contributed by atoms with Gasteiger partial charge in [0.05, 0.1) is 11.5 Å². The summed E-state index contributed by atoms with van der Waals surface area (Å²) >= 11 is 2.39. The third-order valence-corrected chi connectivity index (χ3v) is 6.93. The molecule has 0 amide bonds. The highest BCUT2D eigenvalue weighted by molar-refractivity contribution is 14.1. The van der Waals surface area contributed by atoms with Crippen LogP contribution in [0.5, 0.6) is 5.75 Å². The lowest BCUT2D eigenvalue weighted by molar-refractivity contribution is 0.305. The maximum absolute atomic E-state index is 10.5. The second kappa shape index (κ2) is 14.4. The van der Waals surface area contributed by atoms with Crippen molar-refractivity contribution in [3.8, 4) is 16.9 Å². The largest absolute Gasteiger partial charge is 0.493 e. The van der Waals surface area contributed by atoms with E-state index < -0.39 is 10.1 Å². The second-order valence-electron chi connectivity index (χ2n) is 7.88. The van der Waals surface area contributed by atoms with Crippen molar-refractivity contribution in [1.82, 2.24) is 0 Å². The normalized spacial score (nSPS) is 10.9. The van der Waals surface area contributed by atoms with Crippen LogP contribution in [0, 0.1) is 10.5 Å². The van der Waals surface area contributed by atoms with E-state index in [2.05, 4.69) is 78.0 Å². The van der Waals surface area contributed by atoms with Gasteiger partial charge in [0, 0.05) is 9.13 Å². The molecule has 0 unspecified atom stereocenters. The minimum Gasteiger partial charge on any atom is -0.493 e. The monoisotopic (exact) mass is 580 g/mol. The van der Waals surface area contributed by atoms with Crippen molar-refractivity contribution < 1.29 is 17.7 Å². The van der Waals surface area contributed by atoms with Crippen molar-refractivity contribution in [3.05, 3.63) is 81.9 Å². The van der Waals surface area contributed by atoms with Crippen molar-refractivity contribution in [2.24, 2.45) is 0 Å². The highest BCUT2D eigenvalue weighted by Crippen LogP contribution is 2.33. The zero-order chi connectivity index (χ0) is 24.1. The van der Waals surface area contributed by atoms with Crippen molar-refractivity contribution in [2.45, 2.75) is 57.3 Å². The van der Waals surface area contributed by atoms with Gasteiger partial charge in [-0.05, 0) is 65.8 Å². The van der Waals surface area contributed by atoms with Gasteiger partial charge in [0.1, 0.15) is 5.75 Å². The zero-order valence-electron chi connectivity index (χ0n) is 19.3. The van der Waals surface area contributed by atoms with E-state index in [4.69, 9.17) is 9.29 Å². The van der Waals surface area contributed by atoms with Crippen molar-refractivity contribution in [1.29, 1.82) is 0 Å². The lowest BCUT2D eigenvalue weighted by Gasteiger charge is -2.12. The molecule has 33 heavy (non-hydrogen) atoms. The first-order valence-corrected chi connectivity index (χ1v) is 13.9. The number of halogens is 1. The van der Waals surface area contributed by atoms with Crippen LogP contribution in [0.3, 0.4) is 0 Å². The molecule has 0 heterocycles. The van der Waals surface area contributed by atoms with Crippen LogP contribution >= 0.6 is 22.6 Å². The van der Waals surface area contributed by atoms with E-state index in [-0.39, 0.29) is 4.90 Å². The van der Waals surface area contributed by atoms with E-state index in [1.807, 2.05) is 6.92 Å². The van der Waals surface area contributed by atoms with E-state index >= 15 is 0 Å². The van der Waals surface area contributed by atoms with Crippen molar-refractivity contribution in [2.75, 3.05) is 6.61 Å². The van der Waals surface area contributed by atoms with Gasteiger partial charge >= 0.3 is 0 Å². The molecular weight excluding hydrogens is 547 g/mol. The minimum atomic E-state index is -4.02. The molecule has 0 radical (unpaired) electrons. The molecule has 0 fully saturated rings. The molecular formula is C27H33IO4S. The fourth-order valence-corrected chi connectivity index (χ4v) is 4.43. The Balaban J connectivity index is 0.000000294. The average Bonchev–Trinajstić information content (AvgIpc) is 2.79. The van der Waals surface area contributed by atoms with Gasteiger partial charge in [0.15, 0.2) is 0 Å². The van der Waals surface area contributed by atoms with Gasteiger partial charge in [-0.25, -0.2) is 0 Å². The van der Waals surface area contributed by atoms with Gasteiger partial charge in [-0.3, -0.25) is 4.55 Å². The molecule has 0 spiro atoms. The number of unbranched alkanes of at least 4 members (excludes halogenated alkanes) is 5. The molecule has 3 aromatic rings. The van der Waals surface area contributed by atoms with E-state index in [9.17, 15) is 8.42 Å². The molecule has 0 aliphatic heterocycles. The molecule has 0 saturated carbocycles. The van der Waals surface area contributed by atoms with Crippen LogP contribution in [-0.4, -0.2) is 19.6 Å². The number of hydrogen-bond donors (Lipinski definition) is 1. The summed E-state index contributed by atoms with van der Waals surface area (Å²) in [6.45, 7) is 4.91. The van der Waals surface area contributed by atoms with Crippen LogP contribution in [-0.2, 0) is 10.1 Å². The molecule has 4 nitrogen and oxygen atoms in total. The Bertz CT molecular complexity index is 1080. The Labute approximate surface area is 212 Å². The van der Waals surface area contributed by atoms with E-state index in [0.29, 0.717) is 0 Å². The number of para-hydroxylation sites is 1. The lowest BCUT2D eigenvalue weighted by atomic mass is 10.0. The number of hydrogen-bond acceptors (Lipinski definition) is 3. The van der Waals surface area contributed by atoms with Crippen LogP contribution in [0.4, 0.5) is 0 Å². The smallest absolute Gasteiger partial charge is 0.294 e. The van der Waals surface area contributed by atoms with Crippen molar-refractivity contribution >= 4 is 32.7 Å².